The Kier molecular flexibility index (Phi) is 3.95. The number of fused-ring (bicyclic) bond motifs is 7. The summed E-state index contributed by atoms with van der Waals surface area (Å²) < 4.78 is 0. The molecule has 5 rings (SSSR count). The molecule has 0 amide bonds. The van der Waals surface area contributed by atoms with Crippen molar-refractivity contribution in [3.63, 3.8) is 0 Å². The molecule has 2 aromatic rings. The smallest absolute Gasteiger partial charge is 0.0641 e. The molecule has 2 aromatic carbocycles. The number of anilines is 1. The van der Waals surface area contributed by atoms with Crippen LogP contribution in [0.25, 0.3) is 0 Å². The third kappa shape index (κ3) is 2.43. The molecular formula is C20H17Cl4N. The fraction of sp³-hybridized carbons (Fsp3) is 0.400. The van der Waals surface area contributed by atoms with Crippen LogP contribution in [-0.4, -0.2) is 0 Å². The Morgan fingerprint density at radius 2 is 1.52 bits per heavy atom. The highest BCUT2D eigenvalue weighted by molar-refractivity contribution is 6.42. The van der Waals surface area contributed by atoms with Crippen LogP contribution in [-0.2, 0) is 0 Å². The predicted octanol–water partition coefficient (Wildman–Crippen LogP) is 7.60. The maximum absolute atomic E-state index is 6.62. The summed E-state index contributed by atoms with van der Waals surface area (Å²) in [6.07, 6.45) is 3.89. The van der Waals surface area contributed by atoms with Crippen LogP contribution < -0.4 is 5.32 Å². The van der Waals surface area contributed by atoms with Gasteiger partial charge in [-0.3, -0.25) is 0 Å². The van der Waals surface area contributed by atoms with Gasteiger partial charge in [0.05, 0.1) is 26.8 Å². The highest BCUT2D eigenvalue weighted by Crippen LogP contribution is 2.65. The molecule has 0 aromatic heterocycles. The summed E-state index contributed by atoms with van der Waals surface area (Å²) in [7, 11) is 0. The summed E-state index contributed by atoms with van der Waals surface area (Å²) in [4.78, 5) is 0. The summed E-state index contributed by atoms with van der Waals surface area (Å²) >= 11 is 25.6. The molecule has 0 saturated heterocycles. The molecule has 5 heteroatoms. The molecule has 1 nitrogen and oxygen atoms in total. The summed E-state index contributed by atoms with van der Waals surface area (Å²) in [5.74, 6) is 2.43. The quantitative estimate of drug-likeness (QED) is 0.508. The lowest BCUT2D eigenvalue weighted by molar-refractivity contribution is 0.248. The van der Waals surface area contributed by atoms with Crippen molar-refractivity contribution in [3.8, 4) is 0 Å². The first kappa shape index (κ1) is 16.6. The summed E-state index contributed by atoms with van der Waals surface area (Å²) in [6.45, 7) is 0. The van der Waals surface area contributed by atoms with E-state index in [-0.39, 0.29) is 6.04 Å². The summed E-state index contributed by atoms with van der Waals surface area (Å²) in [6, 6.07) is 9.98. The summed E-state index contributed by atoms with van der Waals surface area (Å²) in [5.41, 5.74) is 3.40. The number of benzene rings is 2. The van der Waals surface area contributed by atoms with Crippen molar-refractivity contribution < 1.29 is 0 Å². The van der Waals surface area contributed by atoms with E-state index >= 15 is 0 Å². The number of halogens is 4. The monoisotopic (exact) mass is 411 g/mol. The molecule has 0 spiro atoms. The van der Waals surface area contributed by atoms with Crippen molar-refractivity contribution in [1.82, 2.24) is 0 Å². The van der Waals surface area contributed by atoms with Gasteiger partial charge in [0.2, 0.25) is 0 Å². The van der Waals surface area contributed by atoms with Gasteiger partial charge in [-0.2, -0.15) is 0 Å². The first-order valence-corrected chi connectivity index (χ1v) is 10.2. The molecule has 1 unspecified atom stereocenters. The van der Waals surface area contributed by atoms with Gasteiger partial charge < -0.3 is 5.32 Å². The van der Waals surface area contributed by atoms with Crippen LogP contribution in [0.2, 0.25) is 20.1 Å². The second-order valence-corrected chi connectivity index (χ2v) is 9.18. The molecule has 5 atom stereocenters. The van der Waals surface area contributed by atoms with Crippen molar-refractivity contribution in [3.05, 3.63) is 61.5 Å². The minimum atomic E-state index is 0.193. The minimum Gasteiger partial charge on any atom is -0.376 e. The van der Waals surface area contributed by atoms with Gasteiger partial charge in [-0.05, 0) is 78.3 Å². The fourth-order valence-electron chi connectivity index (χ4n) is 5.55. The van der Waals surface area contributed by atoms with Crippen molar-refractivity contribution >= 4 is 52.1 Å². The van der Waals surface area contributed by atoms with E-state index in [0.717, 1.165) is 21.7 Å². The number of nitrogens with one attached hydrogen (secondary N) is 1. The Morgan fingerprint density at radius 1 is 0.800 bits per heavy atom. The van der Waals surface area contributed by atoms with E-state index in [1.807, 2.05) is 24.3 Å². The van der Waals surface area contributed by atoms with Gasteiger partial charge in [0.25, 0.3) is 0 Å². The number of rotatable bonds is 1. The first-order chi connectivity index (χ1) is 12.0. The maximum Gasteiger partial charge on any atom is 0.0641 e. The standard InChI is InChI=1S/C20H17Cl4N/c21-12-4-3-11(8-15(12)24)19-17-10-2-1-9(7-10)16(17)18-13(22)5-6-14(23)20(18)25-19/h3-6,8-10,16-17,19,25H,1-2,7H2/t9-,10+,16+,17-,19?/m1/s1. The lowest BCUT2D eigenvalue weighted by Crippen LogP contribution is -2.35. The minimum absolute atomic E-state index is 0.193. The Labute approximate surface area is 167 Å². The van der Waals surface area contributed by atoms with E-state index in [0.29, 0.717) is 27.8 Å². The van der Waals surface area contributed by atoms with Crippen LogP contribution >= 0.6 is 46.4 Å². The van der Waals surface area contributed by atoms with Crippen molar-refractivity contribution in [2.24, 2.45) is 17.8 Å². The van der Waals surface area contributed by atoms with Gasteiger partial charge in [0.15, 0.2) is 0 Å². The molecule has 2 bridgehead atoms. The largest absolute Gasteiger partial charge is 0.376 e. The zero-order valence-corrected chi connectivity index (χ0v) is 16.4. The average Bonchev–Trinajstić information content (AvgIpc) is 3.22. The van der Waals surface area contributed by atoms with Crippen molar-refractivity contribution in [2.75, 3.05) is 5.32 Å². The third-order valence-electron chi connectivity index (χ3n) is 6.44. The molecule has 1 N–H and O–H groups in total. The molecule has 1 aliphatic heterocycles. The van der Waals surface area contributed by atoms with E-state index in [2.05, 4.69) is 11.4 Å². The molecule has 2 fully saturated rings. The van der Waals surface area contributed by atoms with Crippen LogP contribution in [0.4, 0.5) is 5.69 Å². The van der Waals surface area contributed by atoms with Gasteiger partial charge in [0, 0.05) is 5.02 Å². The van der Waals surface area contributed by atoms with Gasteiger partial charge in [-0.15, -0.1) is 0 Å². The van der Waals surface area contributed by atoms with Gasteiger partial charge in [0.1, 0.15) is 0 Å². The van der Waals surface area contributed by atoms with Gasteiger partial charge in [-0.1, -0.05) is 52.5 Å². The lowest BCUT2D eigenvalue weighted by atomic mass is 9.68. The van der Waals surface area contributed by atoms with Crippen molar-refractivity contribution in [2.45, 2.75) is 31.2 Å². The highest BCUT2D eigenvalue weighted by Gasteiger charge is 2.54. The van der Waals surface area contributed by atoms with Gasteiger partial charge >= 0.3 is 0 Å². The highest BCUT2D eigenvalue weighted by atomic mass is 35.5. The van der Waals surface area contributed by atoms with E-state index in [4.69, 9.17) is 46.4 Å². The van der Waals surface area contributed by atoms with Crippen LogP contribution in [0.3, 0.4) is 0 Å². The van der Waals surface area contributed by atoms with Crippen LogP contribution in [0.5, 0.6) is 0 Å². The molecule has 2 aliphatic carbocycles. The van der Waals surface area contributed by atoms with Crippen molar-refractivity contribution in [1.29, 1.82) is 0 Å². The topological polar surface area (TPSA) is 12.0 Å². The molecule has 0 radical (unpaired) electrons. The number of hydrogen-bond acceptors (Lipinski definition) is 1. The molecule has 1 heterocycles. The Hall–Kier alpha value is -0.600. The molecular weight excluding hydrogens is 396 g/mol. The number of hydrogen-bond donors (Lipinski definition) is 1. The second kappa shape index (κ2) is 5.96. The van der Waals surface area contributed by atoms with E-state index in [1.54, 1.807) is 0 Å². The van der Waals surface area contributed by atoms with E-state index in [9.17, 15) is 0 Å². The first-order valence-electron chi connectivity index (χ1n) is 8.74. The zero-order valence-electron chi connectivity index (χ0n) is 13.4. The van der Waals surface area contributed by atoms with E-state index < -0.39 is 0 Å². The third-order valence-corrected chi connectivity index (χ3v) is 7.83. The van der Waals surface area contributed by atoms with Crippen LogP contribution in [0, 0.1) is 17.8 Å². The normalized spacial score (nSPS) is 32.2. The summed E-state index contributed by atoms with van der Waals surface area (Å²) in [5, 5.41) is 6.47. The second-order valence-electron chi connectivity index (χ2n) is 7.55. The molecule has 25 heavy (non-hydrogen) atoms. The fourth-order valence-corrected chi connectivity index (χ4v) is 6.36. The Balaban J connectivity index is 1.68. The molecule has 2 saturated carbocycles. The van der Waals surface area contributed by atoms with Crippen LogP contribution in [0.1, 0.15) is 42.3 Å². The van der Waals surface area contributed by atoms with Gasteiger partial charge in [-0.25, -0.2) is 0 Å². The van der Waals surface area contributed by atoms with E-state index in [1.165, 1.54) is 30.4 Å². The SMILES string of the molecule is Clc1ccc(C2Nc3c(Cl)ccc(Cl)c3[C@H]3[C@@H]4CC[C@@H](C4)[C@@H]23)cc1Cl. The zero-order chi connectivity index (χ0) is 17.3. The average molecular weight is 413 g/mol. The molecule has 130 valence electrons. The molecule has 3 aliphatic rings. The maximum atomic E-state index is 6.62. The Morgan fingerprint density at radius 3 is 2.32 bits per heavy atom. The Bertz CT molecular complexity index is 865. The van der Waals surface area contributed by atoms with Crippen LogP contribution in [0.15, 0.2) is 30.3 Å². The lowest BCUT2D eigenvalue weighted by Gasteiger charge is -2.44. The predicted molar refractivity (Wildman–Crippen MR) is 106 cm³/mol.